The summed E-state index contributed by atoms with van der Waals surface area (Å²) in [6, 6.07) is 6.54. The van der Waals surface area contributed by atoms with Gasteiger partial charge in [0.1, 0.15) is 13.1 Å². The average molecular weight is 383 g/mol. The molecule has 2 aromatic rings. The highest BCUT2D eigenvalue weighted by Crippen LogP contribution is 2.26. The number of hydrogen-bond acceptors (Lipinski definition) is 3. The van der Waals surface area contributed by atoms with Crippen molar-refractivity contribution >= 4 is 34.4 Å². The van der Waals surface area contributed by atoms with E-state index < -0.39 is 36.4 Å². The molecule has 1 unspecified atom stereocenters. The zero-order chi connectivity index (χ0) is 19.8. The van der Waals surface area contributed by atoms with E-state index in [0.29, 0.717) is 21.5 Å². The summed E-state index contributed by atoms with van der Waals surface area (Å²) in [5.74, 6) is -3.07. The van der Waals surface area contributed by atoms with Crippen molar-refractivity contribution in [1.82, 2.24) is 9.47 Å². The van der Waals surface area contributed by atoms with Crippen LogP contribution in [-0.2, 0) is 20.9 Å². The van der Waals surface area contributed by atoms with Gasteiger partial charge in [-0.05, 0) is 24.3 Å². The van der Waals surface area contributed by atoms with Crippen LogP contribution in [0.15, 0.2) is 30.5 Å². The summed E-state index contributed by atoms with van der Waals surface area (Å²) in [4.78, 5) is 35.5. The third kappa shape index (κ3) is 4.39. The highest BCUT2D eigenvalue weighted by molar-refractivity contribution is 5.98. The van der Waals surface area contributed by atoms with Crippen LogP contribution in [0.1, 0.15) is 6.42 Å². The maximum atomic E-state index is 12.5. The number of carbonyl (C=O) groups is 3. The maximum absolute atomic E-state index is 12.5. The smallest absolute Gasteiger partial charge is 0.406 e. The van der Waals surface area contributed by atoms with Gasteiger partial charge in [-0.2, -0.15) is 13.2 Å². The molecule has 7 nitrogen and oxygen atoms in total. The number of alkyl halides is 3. The second-order valence-corrected chi connectivity index (χ2v) is 6.39. The van der Waals surface area contributed by atoms with E-state index in [1.165, 1.54) is 4.57 Å². The molecule has 27 heavy (non-hydrogen) atoms. The van der Waals surface area contributed by atoms with Crippen LogP contribution in [0.3, 0.4) is 0 Å². The first kappa shape index (κ1) is 18.7. The topological polar surface area (TPSA) is 91.6 Å². The van der Waals surface area contributed by atoms with Gasteiger partial charge in [-0.1, -0.05) is 0 Å². The summed E-state index contributed by atoms with van der Waals surface area (Å²) < 4.78 is 38.9. The van der Waals surface area contributed by atoms with Crippen molar-refractivity contribution in [2.24, 2.45) is 5.92 Å². The zero-order valence-corrected chi connectivity index (χ0v) is 14.0. The molecular formula is C17H16F3N3O4. The van der Waals surface area contributed by atoms with E-state index in [9.17, 15) is 27.6 Å². The van der Waals surface area contributed by atoms with Gasteiger partial charge in [0, 0.05) is 35.8 Å². The Bertz CT molecular complexity index is 906. The molecule has 3 rings (SSSR count). The number of likely N-dealkylation sites (tertiary alicyclic amines) is 1. The number of carbonyl (C=O) groups excluding carboxylic acids is 2. The van der Waals surface area contributed by atoms with E-state index in [-0.39, 0.29) is 19.5 Å². The van der Waals surface area contributed by atoms with Gasteiger partial charge in [0.2, 0.25) is 11.8 Å². The van der Waals surface area contributed by atoms with E-state index in [2.05, 4.69) is 5.32 Å². The zero-order valence-electron chi connectivity index (χ0n) is 14.0. The average Bonchev–Trinajstić information content (AvgIpc) is 3.09. The number of fused-ring (bicyclic) bond motifs is 1. The molecule has 0 spiro atoms. The molecule has 1 aromatic heterocycles. The molecule has 0 radical (unpaired) electrons. The van der Waals surface area contributed by atoms with E-state index in [1.807, 2.05) is 0 Å². The second kappa shape index (κ2) is 6.93. The number of carboxylic acids is 1. The lowest BCUT2D eigenvalue weighted by atomic mass is 10.1. The Kier molecular flexibility index (Phi) is 4.81. The number of halogens is 3. The monoisotopic (exact) mass is 383 g/mol. The number of nitrogens with one attached hydrogen (secondary N) is 1. The van der Waals surface area contributed by atoms with Crippen molar-refractivity contribution in [3.63, 3.8) is 0 Å². The Morgan fingerprint density at radius 3 is 2.67 bits per heavy atom. The fraction of sp³-hybridized carbons (Fsp3) is 0.353. The molecule has 1 atom stereocenters. The largest absolute Gasteiger partial charge is 0.480 e. The standard InChI is InChI=1S/C17H16F3N3O4/c18-17(19,20)9-23-7-11(6-14(23)24)16(27)21-12-1-2-13-10(5-12)3-4-22(13)8-15(25)26/h1-5,11H,6-9H2,(H,21,27)(H,25,26). The van der Waals surface area contributed by atoms with Gasteiger partial charge in [0.05, 0.1) is 5.92 Å². The molecule has 1 saturated heterocycles. The number of anilines is 1. The maximum Gasteiger partial charge on any atom is 0.406 e. The molecule has 1 aliphatic rings. The molecule has 2 heterocycles. The number of aromatic nitrogens is 1. The number of benzene rings is 1. The first-order chi connectivity index (χ1) is 12.6. The van der Waals surface area contributed by atoms with Crippen LogP contribution in [0, 0.1) is 5.92 Å². The highest BCUT2D eigenvalue weighted by Gasteiger charge is 2.40. The minimum atomic E-state index is -4.50. The molecule has 2 N–H and O–H groups in total. The fourth-order valence-electron chi connectivity index (χ4n) is 3.12. The van der Waals surface area contributed by atoms with Crippen LogP contribution in [0.2, 0.25) is 0 Å². The lowest BCUT2D eigenvalue weighted by Crippen LogP contribution is -2.36. The molecule has 0 bridgehead atoms. The third-order valence-corrected chi connectivity index (χ3v) is 4.30. The summed E-state index contributed by atoms with van der Waals surface area (Å²) in [6.07, 6.45) is -3.16. The number of hydrogen-bond donors (Lipinski definition) is 2. The number of aliphatic carboxylic acids is 1. The molecule has 1 aromatic carbocycles. The number of rotatable bonds is 5. The second-order valence-electron chi connectivity index (χ2n) is 6.39. The Labute approximate surface area is 151 Å². The van der Waals surface area contributed by atoms with Crippen LogP contribution in [-0.4, -0.2) is 51.6 Å². The van der Waals surface area contributed by atoms with Gasteiger partial charge in [-0.25, -0.2) is 0 Å². The van der Waals surface area contributed by atoms with E-state index in [4.69, 9.17) is 5.11 Å². The van der Waals surface area contributed by atoms with Crippen molar-refractivity contribution < 1.29 is 32.7 Å². The van der Waals surface area contributed by atoms with Crippen LogP contribution >= 0.6 is 0 Å². The van der Waals surface area contributed by atoms with Crippen LogP contribution in [0.5, 0.6) is 0 Å². The van der Waals surface area contributed by atoms with Crippen LogP contribution < -0.4 is 5.32 Å². The molecule has 1 aliphatic heterocycles. The first-order valence-electron chi connectivity index (χ1n) is 8.08. The summed E-state index contributed by atoms with van der Waals surface area (Å²) in [5.41, 5.74) is 1.09. The van der Waals surface area contributed by atoms with Crippen molar-refractivity contribution in [3.05, 3.63) is 30.5 Å². The fourth-order valence-corrected chi connectivity index (χ4v) is 3.12. The van der Waals surface area contributed by atoms with Gasteiger partial charge < -0.3 is 19.9 Å². The quantitative estimate of drug-likeness (QED) is 0.827. The number of carboxylic acid groups (broad SMARTS) is 1. The summed E-state index contributed by atoms with van der Waals surface area (Å²) in [6.45, 7) is -1.84. The molecule has 0 aliphatic carbocycles. The predicted octanol–water partition coefficient (Wildman–Crippen LogP) is 2.08. The number of amides is 2. The summed E-state index contributed by atoms with van der Waals surface area (Å²) in [7, 11) is 0. The number of nitrogens with zero attached hydrogens (tertiary/aromatic N) is 2. The predicted molar refractivity (Wildman–Crippen MR) is 88.9 cm³/mol. The Hall–Kier alpha value is -3.04. The highest BCUT2D eigenvalue weighted by atomic mass is 19.4. The van der Waals surface area contributed by atoms with Crippen molar-refractivity contribution in [2.45, 2.75) is 19.1 Å². The summed E-state index contributed by atoms with van der Waals surface area (Å²) >= 11 is 0. The van der Waals surface area contributed by atoms with E-state index >= 15 is 0 Å². The van der Waals surface area contributed by atoms with Gasteiger partial charge in [-0.15, -0.1) is 0 Å². The molecule has 0 saturated carbocycles. The molecule has 1 fully saturated rings. The lowest BCUT2D eigenvalue weighted by Gasteiger charge is -2.18. The van der Waals surface area contributed by atoms with E-state index in [0.717, 1.165) is 0 Å². The van der Waals surface area contributed by atoms with Gasteiger partial charge in [0.15, 0.2) is 0 Å². The molecular weight excluding hydrogens is 367 g/mol. The SMILES string of the molecule is O=C(O)Cn1ccc2cc(NC(=O)C3CC(=O)N(CC(F)(F)F)C3)ccc21. The van der Waals surface area contributed by atoms with Crippen molar-refractivity contribution in [1.29, 1.82) is 0 Å². The Morgan fingerprint density at radius 1 is 1.26 bits per heavy atom. The van der Waals surface area contributed by atoms with E-state index in [1.54, 1.807) is 30.5 Å². The first-order valence-corrected chi connectivity index (χ1v) is 8.08. The van der Waals surface area contributed by atoms with Gasteiger partial charge in [0.25, 0.3) is 0 Å². The summed E-state index contributed by atoms with van der Waals surface area (Å²) in [5, 5.41) is 12.2. The molecule has 10 heteroatoms. The van der Waals surface area contributed by atoms with Crippen LogP contribution in [0.4, 0.5) is 18.9 Å². The Morgan fingerprint density at radius 2 is 2.00 bits per heavy atom. The molecule has 2 amide bonds. The minimum Gasteiger partial charge on any atom is -0.480 e. The van der Waals surface area contributed by atoms with Gasteiger partial charge >= 0.3 is 12.1 Å². The lowest BCUT2D eigenvalue weighted by molar-refractivity contribution is -0.157. The Balaban J connectivity index is 1.67. The van der Waals surface area contributed by atoms with Crippen molar-refractivity contribution in [3.8, 4) is 0 Å². The van der Waals surface area contributed by atoms with Crippen LogP contribution in [0.25, 0.3) is 10.9 Å². The third-order valence-electron chi connectivity index (χ3n) is 4.30. The minimum absolute atomic E-state index is 0.200. The normalized spacial score (nSPS) is 17.5. The van der Waals surface area contributed by atoms with Crippen molar-refractivity contribution in [2.75, 3.05) is 18.4 Å². The van der Waals surface area contributed by atoms with Gasteiger partial charge in [-0.3, -0.25) is 14.4 Å². The molecule has 144 valence electrons.